The number of hydrogen-bond donors (Lipinski definition) is 2. The van der Waals surface area contributed by atoms with Crippen molar-refractivity contribution in [3.8, 4) is 0 Å². The predicted molar refractivity (Wildman–Crippen MR) is 77.3 cm³/mol. The van der Waals surface area contributed by atoms with E-state index in [1.54, 1.807) is 7.05 Å². The van der Waals surface area contributed by atoms with Crippen LogP contribution in [0.25, 0.3) is 0 Å². The molecule has 0 aliphatic carbocycles. The van der Waals surface area contributed by atoms with Crippen LogP contribution >= 0.6 is 0 Å². The number of aromatic nitrogens is 2. The van der Waals surface area contributed by atoms with Crippen LogP contribution in [0.2, 0.25) is 0 Å². The fourth-order valence-electron chi connectivity index (χ4n) is 1.79. The van der Waals surface area contributed by atoms with Crippen molar-refractivity contribution in [2.45, 2.75) is 13.3 Å². The summed E-state index contributed by atoms with van der Waals surface area (Å²) in [5.74, 6) is 0.344. The Balaban J connectivity index is 2.34. The minimum absolute atomic E-state index is 0.165. The first-order valence-corrected chi connectivity index (χ1v) is 6.18. The van der Waals surface area contributed by atoms with Crippen LogP contribution in [0.3, 0.4) is 0 Å². The minimum Gasteiger partial charge on any atom is -0.367 e. The van der Waals surface area contributed by atoms with Crippen LogP contribution in [-0.2, 0) is 6.42 Å². The third kappa shape index (κ3) is 2.82. The maximum Gasteiger partial charge on any atom is 0.353 e. The van der Waals surface area contributed by atoms with Crippen LogP contribution in [0.5, 0.6) is 0 Å². The largest absolute Gasteiger partial charge is 0.367 e. The quantitative estimate of drug-likeness (QED) is 0.642. The fourth-order valence-corrected chi connectivity index (χ4v) is 1.79. The molecule has 0 amide bonds. The molecule has 2 aromatic rings. The fraction of sp³-hybridized carbons (Fsp3) is 0.231. The minimum atomic E-state index is -0.505. The Bertz CT molecular complexity index is 613. The van der Waals surface area contributed by atoms with E-state index in [9.17, 15) is 10.1 Å². The number of anilines is 3. The van der Waals surface area contributed by atoms with Crippen molar-refractivity contribution in [3.05, 3.63) is 46.3 Å². The Labute approximate surface area is 116 Å². The summed E-state index contributed by atoms with van der Waals surface area (Å²) in [6.07, 6.45) is 2.22. The van der Waals surface area contributed by atoms with Crippen molar-refractivity contribution in [1.82, 2.24) is 9.97 Å². The van der Waals surface area contributed by atoms with Gasteiger partial charge in [-0.25, -0.2) is 9.97 Å². The molecular formula is C13H15N5O2. The van der Waals surface area contributed by atoms with Gasteiger partial charge in [-0.05, 0) is 24.1 Å². The van der Waals surface area contributed by atoms with Gasteiger partial charge in [-0.2, -0.15) is 0 Å². The monoisotopic (exact) mass is 273 g/mol. The second kappa shape index (κ2) is 5.96. The number of benzene rings is 1. The molecule has 104 valence electrons. The third-order valence-corrected chi connectivity index (χ3v) is 2.87. The summed E-state index contributed by atoms with van der Waals surface area (Å²) in [5, 5.41) is 16.8. The number of nitrogens with zero attached hydrogens (tertiary/aromatic N) is 3. The van der Waals surface area contributed by atoms with E-state index < -0.39 is 4.92 Å². The number of aryl methyl sites for hydroxylation is 1. The zero-order valence-corrected chi connectivity index (χ0v) is 11.3. The van der Waals surface area contributed by atoms with Gasteiger partial charge in [0.05, 0.1) is 4.92 Å². The smallest absolute Gasteiger partial charge is 0.353 e. The molecule has 0 radical (unpaired) electrons. The second-order valence-electron chi connectivity index (χ2n) is 4.10. The third-order valence-electron chi connectivity index (χ3n) is 2.87. The molecule has 7 nitrogen and oxygen atoms in total. The van der Waals surface area contributed by atoms with E-state index in [1.165, 1.54) is 11.9 Å². The molecule has 0 bridgehead atoms. The number of hydrogen-bond acceptors (Lipinski definition) is 6. The lowest BCUT2D eigenvalue weighted by molar-refractivity contribution is -0.383. The van der Waals surface area contributed by atoms with Gasteiger partial charge in [-0.1, -0.05) is 19.1 Å². The molecule has 1 aromatic heterocycles. The summed E-state index contributed by atoms with van der Waals surface area (Å²) in [6.45, 7) is 2.07. The van der Waals surface area contributed by atoms with Crippen molar-refractivity contribution >= 4 is 23.0 Å². The summed E-state index contributed by atoms with van der Waals surface area (Å²) < 4.78 is 0. The van der Waals surface area contributed by atoms with Crippen molar-refractivity contribution in [1.29, 1.82) is 0 Å². The summed E-state index contributed by atoms with van der Waals surface area (Å²) in [5.41, 5.74) is 1.77. The van der Waals surface area contributed by atoms with E-state index in [0.717, 1.165) is 12.1 Å². The summed E-state index contributed by atoms with van der Waals surface area (Å²) in [7, 11) is 1.58. The van der Waals surface area contributed by atoms with Crippen LogP contribution < -0.4 is 10.6 Å². The highest BCUT2D eigenvalue weighted by Gasteiger charge is 2.22. The highest BCUT2D eigenvalue weighted by atomic mass is 16.6. The zero-order chi connectivity index (χ0) is 14.5. The van der Waals surface area contributed by atoms with Gasteiger partial charge in [-0.15, -0.1) is 0 Å². The first-order chi connectivity index (χ1) is 9.65. The molecule has 0 aliphatic rings. The highest BCUT2D eigenvalue weighted by molar-refractivity contribution is 5.73. The molecule has 0 aliphatic heterocycles. The van der Waals surface area contributed by atoms with Crippen molar-refractivity contribution in [2.24, 2.45) is 0 Å². The van der Waals surface area contributed by atoms with Crippen LogP contribution in [-0.4, -0.2) is 21.9 Å². The lowest BCUT2D eigenvalue weighted by Crippen LogP contribution is -2.05. The van der Waals surface area contributed by atoms with Crippen molar-refractivity contribution < 1.29 is 4.92 Å². The molecule has 0 saturated heterocycles. The van der Waals surface area contributed by atoms with Crippen molar-refractivity contribution in [2.75, 3.05) is 17.7 Å². The average Bonchev–Trinajstić information content (AvgIpc) is 2.47. The predicted octanol–water partition coefficient (Wildman–Crippen LogP) is 2.73. The van der Waals surface area contributed by atoms with Crippen LogP contribution in [0.1, 0.15) is 12.5 Å². The Morgan fingerprint density at radius 2 is 1.85 bits per heavy atom. The molecule has 1 aromatic carbocycles. The summed E-state index contributed by atoms with van der Waals surface area (Å²) in [4.78, 5) is 18.4. The summed E-state index contributed by atoms with van der Waals surface area (Å²) >= 11 is 0. The van der Waals surface area contributed by atoms with Crippen LogP contribution in [0.4, 0.5) is 23.0 Å². The molecule has 2 rings (SSSR count). The molecule has 20 heavy (non-hydrogen) atoms. The Morgan fingerprint density at radius 1 is 1.20 bits per heavy atom. The first-order valence-electron chi connectivity index (χ1n) is 6.18. The van der Waals surface area contributed by atoms with Gasteiger partial charge in [0, 0.05) is 12.7 Å². The number of nitro groups is 1. The van der Waals surface area contributed by atoms with Crippen LogP contribution in [0, 0.1) is 10.1 Å². The normalized spacial score (nSPS) is 10.1. The average molecular weight is 273 g/mol. The SMILES string of the molecule is CCc1ccc(Nc2ncnc(NC)c2[N+](=O)[O-])cc1. The maximum absolute atomic E-state index is 11.1. The summed E-state index contributed by atoms with van der Waals surface area (Å²) in [6, 6.07) is 7.66. The lowest BCUT2D eigenvalue weighted by atomic mass is 10.1. The van der Waals surface area contributed by atoms with Gasteiger partial charge < -0.3 is 10.6 Å². The molecular weight excluding hydrogens is 258 g/mol. The standard InChI is InChI=1S/C13H15N5O2/c1-3-9-4-6-10(7-5-9)17-13-11(18(19)20)12(14-2)15-8-16-13/h4-8H,3H2,1-2H3,(H2,14,15,16,17). The Hall–Kier alpha value is -2.70. The lowest BCUT2D eigenvalue weighted by Gasteiger charge is -2.08. The Kier molecular flexibility index (Phi) is 4.09. The van der Waals surface area contributed by atoms with E-state index in [4.69, 9.17) is 0 Å². The molecule has 0 fully saturated rings. The topological polar surface area (TPSA) is 93.0 Å². The molecule has 7 heteroatoms. The van der Waals surface area contributed by atoms with E-state index in [2.05, 4.69) is 27.5 Å². The van der Waals surface area contributed by atoms with Gasteiger partial charge in [0.25, 0.3) is 0 Å². The van der Waals surface area contributed by atoms with Gasteiger partial charge in [-0.3, -0.25) is 10.1 Å². The molecule has 0 unspecified atom stereocenters. The van der Waals surface area contributed by atoms with E-state index in [1.807, 2.05) is 24.3 Å². The number of rotatable bonds is 5. The first kappa shape index (κ1) is 13.7. The van der Waals surface area contributed by atoms with Gasteiger partial charge >= 0.3 is 5.69 Å². The molecule has 0 saturated carbocycles. The van der Waals surface area contributed by atoms with E-state index in [0.29, 0.717) is 0 Å². The molecule has 0 atom stereocenters. The second-order valence-corrected chi connectivity index (χ2v) is 4.10. The molecule has 0 spiro atoms. The van der Waals surface area contributed by atoms with Gasteiger partial charge in [0.2, 0.25) is 11.6 Å². The number of nitrogens with one attached hydrogen (secondary N) is 2. The zero-order valence-electron chi connectivity index (χ0n) is 11.3. The van der Waals surface area contributed by atoms with Gasteiger partial charge in [0.15, 0.2) is 0 Å². The molecule has 2 N–H and O–H groups in total. The van der Waals surface area contributed by atoms with Crippen molar-refractivity contribution in [3.63, 3.8) is 0 Å². The maximum atomic E-state index is 11.1. The van der Waals surface area contributed by atoms with E-state index in [-0.39, 0.29) is 17.3 Å². The van der Waals surface area contributed by atoms with Crippen LogP contribution in [0.15, 0.2) is 30.6 Å². The Morgan fingerprint density at radius 3 is 2.40 bits per heavy atom. The van der Waals surface area contributed by atoms with Gasteiger partial charge in [0.1, 0.15) is 6.33 Å². The van der Waals surface area contributed by atoms with E-state index >= 15 is 0 Å². The highest BCUT2D eigenvalue weighted by Crippen LogP contribution is 2.30. The molecule has 1 heterocycles.